The van der Waals surface area contributed by atoms with Crippen LogP contribution in [0.3, 0.4) is 0 Å². The molecule has 0 amide bonds. The second-order valence-electron chi connectivity index (χ2n) is 2.92. The molecule has 5 heteroatoms. The van der Waals surface area contributed by atoms with E-state index >= 15 is 0 Å². The van der Waals surface area contributed by atoms with E-state index in [1.165, 1.54) is 0 Å². The van der Waals surface area contributed by atoms with Crippen LogP contribution in [0.2, 0.25) is 6.04 Å². The first-order valence-corrected chi connectivity index (χ1v) is 6.62. The fourth-order valence-corrected chi connectivity index (χ4v) is 4.13. The van der Waals surface area contributed by atoms with Crippen LogP contribution >= 0.6 is 11.6 Å². The van der Waals surface area contributed by atoms with E-state index < -0.39 is 8.80 Å². The van der Waals surface area contributed by atoms with Gasteiger partial charge in [0.25, 0.3) is 0 Å². The monoisotopic (exact) mass is 210 g/mol. The molecule has 0 aromatic rings. The molecule has 72 valence electrons. The Morgan fingerprint density at radius 1 is 1.67 bits per heavy atom. The second kappa shape index (κ2) is 4.57. The van der Waals surface area contributed by atoms with Gasteiger partial charge < -0.3 is 13.3 Å². The summed E-state index contributed by atoms with van der Waals surface area (Å²) in [5.74, 6) is 0.638. The standard InChI is InChI=1S/C7H15ClO3Si/c1-7-6-10-12(9-2,11-7)5-3-4-8/h7H,3-6H2,1-2H3. The zero-order valence-electron chi connectivity index (χ0n) is 7.51. The lowest BCUT2D eigenvalue weighted by atomic mass is 10.5. The van der Waals surface area contributed by atoms with Crippen molar-refractivity contribution in [1.29, 1.82) is 0 Å². The Hall–Kier alpha value is 0.387. The Morgan fingerprint density at radius 3 is 2.83 bits per heavy atom. The van der Waals surface area contributed by atoms with Gasteiger partial charge in [-0.05, 0) is 13.3 Å². The van der Waals surface area contributed by atoms with Crippen LogP contribution in [0, 0.1) is 0 Å². The molecule has 0 aromatic carbocycles. The first-order chi connectivity index (χ1) is 5.72. The van der Waals surface area contributed by atoms with E-state index in [0.29, 0.717) is 12.5 Å². The maximum Gasteiger partial charge on any atom is 0.501 e. The van der Waals surface area contributed by atoms with Crippen molar-refractivity contribution < 1.29 is 13.3 Å². The highest BCUT2D eigenvalue weighted by Gasteiger charge is 2.46. The van der Waals surface area contributed by atoms with Gasteiger partial charge in [0.15, 0.2) is 0 Å². The van der Waals surface area contributed by atoms with Crippen molar-refractivity contribution in [2.45, 2.75) is 25.5 Å². The third-order valence-electron chi connectivity index (χ3n) is 1.85. The quantitative estimate of drug-likeness (QED) is 0.522. The van der Waals surface area contributed by atoms with Gasteiger partial charge in [-0.25, -0.2) is 0 Å². The summed E-state index contributed by atoms with van der Waals surface area (Å²) in [4.78, 5) is 0. The number of rotatable bonds is 4. The van der Waals surface area contributed by atoms with Crippen molar-refractivity contribution in [2.75, 3.05) is 19.6 Å². The predicted octanol–water partition coefficient (Wildman–Crippen LogP) is 1.64. The summed E-state index contributed by atoms with van der Waals surface area (Å²) in [6.07, 6.45) is 1.07. The van der Waals surface area contributed by atoms with Crippen molar-refractivity contribution in [3.63, 3.8) is 0 Å². The normalized spacial score (nSPS) is 35.8. The van der Waals surface area contributed by atoms with Crippen LogP contribution in [0.1, 0.15) is 13.3 Å². The molecule has 3 nitrogen and oxygen atoms in total. The van der Waals surface area contributed by atoms with Crippen LogP contribution in [0.5, 0.6) is 0 Å². The Kier molecular flexibility index (Phi) is 3.99. The van der Waals surface area contributed by atoms with Crippen molar-refractivity contribution in [1.82, 2.24) is 0 Å². The molecule has 0 N–H and O–H groups in total. The summed E-state index contributed by atoms with van der Waals surface area (Å²) < 4.78 is 16.5. The van der Waals surface area contributed by atoms with Gasteiger partial charge in [-0.1, -0.05) is 0 Å². The smallest absolute Gasteiger partial charge is 0.377 e. The highest BCUT2D eigenvalue weighted by atomic mass is 35.5. The van der Waals surface area contributed by atoms with E-state index in [1.54, 1.807) is 7.11 Å². The topological polar surface area (TPSA) is 27.7 Å². The van der Waals surface area contributed by atoms with Crippen molar-refractivity contribution in [2.24, 2.45) is 0 Å². The van der Waals surface area contributed by atoms with Gasteiger partial charge in [-0.3, -0.25) is 0 Å². The van der Waals surface area contributed by atoms with Crippen LogP contribution < -0.4 is 0 Å². The van der Waals surface area contributed by atoms with E-state index in [4.69, 9.17) is 24.9 Å². The van der Waals surface area contributed by atoms with Crippen LogP contribution in [0.4, 0.5) is 0 Å². The number of hydrogen-bond acceptors (Lipinski definition) is 3. The van der Waals surface area contributed by atoms with Crippen molar-refractivity contribution >= 4 is 20.4 Å². The lowest BCUT2D eigenvalue weighted by Gasteiger charge is -2.20. The minimum absolute atomic E-state index is 0.173. The summed E-state index contributed by atoms with van der Waals surface area (Å²) >= 11 is 5.59. The zero-order chi connectivity index (χ0) is 9.03. The van der Waals surface area contributed by atoms with Gasteiger partial charge in [-0.15, -0.1) is 11.6 Å². The van der Waals surface area contributed by atoms with Crippen LogP contribution in [0.25, 0.3) is 0 Å². The molecule has 0 aliphatic carbocycles. The first kappa shape index (κ1) is 10.5. The summed E-state index contributed by atoms with van der Waals surface area (Å²) in [7, 11) is -0.624. The molecule has 1 heterocycles. The molecule has 12 heavy (non-hydrogen) atoms. The average Bonchev–Trinajstić information content (AvgIpc) is 2.45. The molecule has 0 spiro atoms. The summed E-state index contributed by atoms with van der Waals surface area (Å²) in [6.45, 7) is 2.65. The van der Waals surface area contributed by atoms with Crippen molar-refractivity contribution in [3.05, 3.63) is 0 Å². The van der Waals surface area contributed by atoms with Crippen molar-refractivity contribution in [3.8, 4) is 0 Å². The fourth-order valence-electron chi connectivity index (χ4n) is 1.24. The van der Waals surface area contributed by atoms with Gasteiger partial charge in [0, 0.05) is 19.0 Å². The lowest BCUT2D eigenvalue weighted by Crippen LogP contribution is -2.39. The van der Waals surface area contributed by atoms with E-state index in [0.717, 1.165) is 12.5 Å². The summed E-state index contributed by atoms with van der Waals surface area (Å²) in [5, 5.41) is 0. The van der Waals surface area contributed by atoms with E-state index in [-0.39, 0.29) is 6.10 Å². The molecule has 2 atom stereocenters. The lowest BCUT2D eigenvalue weighted by molar-refractivity contribution is 0.159. The Labute approximate surface area is 79.3 Å². The summed E-state index contributed by atoms with van der Waals surface area (Å²) in [5.41, 5.74) is 0. The molecule has 1 saturated heterocycles. The Morgan fingerprint density at radius 2 is 2.42 bits per heavy atom. The average molecular weight is 211 g/mol. The fraction of sp³-hybridized carbons (Fsp3) is 1.00. The van der Waals surface area contributed by atoms with Gasteiger partial charge >= 0.3 is 8.80 Å². The minimum Gasteiger partial charge on any atom is -0.377 e. The van der Waals surface area contributed by atoms with Gasteiger partial charge in [0.05, 0.1) is 12.7 Å². The highest BCUT2D eigenvalue weighted by molar-refractivity contribution is 6.61. The SMILES string of the molecule is CO[Si]1(CCCCl)OCC(C)O1. The molecule has 0 bridgehead atoms. The first-order valence-electron chi connectivity index (χ1n) is 4.15. The van der Waals surface area contributed by atoms with Crippen LogP contribution in [0.15, 0.2) is 0 Å². The summed E-state index contributed by atoms with van der Waals surface area (Å²) in [6, 6.07) is 0.831. The maximum absolute atomic E-state index is 5.64. The highest BCUT2D eigenvalue weighted by Crippen LogP contribution is 2.25. The van der Waals surface area contributed by atoms with Crippen LogP contribution in [-0.4, -0.2) is 34.5 Å². The molecule has 0 radical (unpaired) electrons. The number of hydrogen-bond donors (Lipinski definition) is 0. The molecule has 1 fully saturated rings. The zero-order valence-corrected chi connectivity index (χ0v) is 9.26. The van der Waals surface area contributed by atoms with E-state index in [2.05, 4.69) is 0 Å². The second-order valence-corrected chi connectivity index (χ2v) is 6.10. The third-order valence-corrected chi connectivity index (χ3v) is 5.07. The van der Waals surface area contributed by atoms with E-state index in [1.807, 2.05) is 6.92 Å². The largest absolute Gasteiger partial charge is 0.501 e. The molecule has 1 aliphatic heterocycles. The molecule has 2 unspecified atom stereocenters. The third kappa shape index (κ3) is 2.44. The molecular formula is C7H15ClO3Si. The van der Waals surface area contributed by atoms with E-state index in [9.17, 15) is 0 Å². The molecule has 1 aliphatic rings. The van der Waals surface area contributed by atoms with Gasteiger partial charge in [0.2, 0.25) is 0 Å². The van der Waals surface area contributed by atoms with Gasteiger partial charge in [0.1, 0.15) is 0 Å². The molecule has 0 aromatic heterocycles. The Balaban J connectivity index is 2.41. The van der Waals surface area contributed by atoms with Crippen LogP contribution in [-0.2, 0) is 13.3 Å². The van der Waals surface area contributed by atoms with Gasteiger partial charge in [-0.2, -0.15) is 0 Å². The maximum atomic E-state index is 5.64. The minimum atomic E-state index is -2.27. The number of halogens is 1. The predicted molar refractivity (Wildman–Crippen MR) is 49.4 cm³/mol. The molecule has 1 rings (SSSR count). The molecule has 0 saturated carbocycles. The Bertz CT molecular complexity index is 147. The number of alkyl halides is 1. The molecular weight excluding hydrogens is 196 g/mol.